The molecule has 80 valence electrons. The largest absolute Gasteiger partial charge is 0.527 e. The van der Waals surface area contributed by atoms with Crippen molar-refractivity contribution >= 4 is 8.80 Å². The van der Waals surface area contributed by atoms with E-state index in [9.17, 15) is 0 Å². The van der Waals surface area contributed by atoms with Gasteiger partial charge in [0.2, 0.25) is 0 Å². The SMILES string of the molecule is CCCCOC[Si](OC)(OC)OC. The fraction of sp³-hybridized carbons (Fsp3) is 1.00. The van der Waals surface area contributed by atoms with Crippen LogP contribution in [0.2, 0.25) is 0 Å². The Balaban J connectivity index is 3.68. The molecule has 13 heavy (non-hydrogen) atoms. The van der Waals surface area contributed by atoms with E-state index < -0.39 is 8.80 Å². The van der Waals surface area contributed by atoms with Gasteiger partial charge in [-0.2, -0.15) is 0 Å². The molecule has 0 atom stereocenters. The molecule has 0 aromatic rings. The van der Waals surface area contributed by atoms with Crippen LogP contribution in [-0.4, -0.2) is 43.0 Å². The summed E-state index contributed by atoms with van der Waals surface area (Å²) in [6, 6.07) is 0. The van der Waals surface area contributed by atoms with Crippen molar-refractivity contribution in [3.05, 3.63) is 0 Å². The summed E-state index contributed by atoms with van der Waals surface area (Å²) in [7, 11) is 2.27. The van der Waals surface area contributed by atoms with Crippen molar-refractivity contribution in [1.29, 1.82) is 0 Å². The van der Waals surface area contributed by atoms with E-state index in [0.29, 0.717) is 6.23 Å². The first-order chi connectivity index (χ1) is 6.24. The van der Waals surface area contributed by atoms with Crippen LogP contribution in [0.1, 0.15) is 19.8 Å². The van der Waals surface area contributed by atoms with Crippen LogP contribution >= 0.6 is 0 Å². The molecule has 0 rings (SSSR count). The number of rotatable bonds is 8. The van der Waals surface area contributed by atoms with Crippen LogP contribution < -0.4 is 0 Å². The average molecular weight is 208 g/mol. The van der Waals surface area contributed by atoms with Crippen molar-refractivity contribution < 1.29 is 18.0 Å². The maximum Gasteiger partial charge on any atom is 0.527 e. The van der Waals surface area contributed by atoms with Gasteiger partial charge in [0.05, 0.1) is 0 Å². The molecule has 0 unspecified atom stereocenters. The van der Waals surface area contributed by atoms with E-state index in [-0.39, 0.29) is 0 Å². The van der Waals surface area contributed by atoms with Crippen LogP contribution in [0.4, 0.5) is 0 Å². The first-order valence-corrected chi connectivity index (χ1v) is 6.41. The fourth-order valence-electron chi connectivity index (χ4n) is 0.870. The molecule has 0 aliphatic heterocycles. The van der Waals surface area contributed by atoms with Crippen molar-refractivity contribution in [2.45, 2.75) is 19.8 Å². The third kappa shape index (κ3) is 4.73. The fourth-order valence-corrected chi connectivity index (χ4v) is 2.12. The van der Waals surface area contributed by atoms with Crippen LogP contribution in [0.5, 0.6) is 0 Å². The minimum Gasteiger partial charge on any atom is -0.377 e. The molecule has 0 N–H and O–H groups in total. The number of ether oxygens (including phenoxy) is 1. The van der Waals surface area contributed by atoms with Crippen molar-refractivity contribution in [1.82, 2.24) is 0 Å². The lowest BCUT2D eigenvalue weighted by molar-refractivity contribution is 0.0626. The Bertz CT molecular complexity index is 108. The summed E-state index contributed by atoms with van der Waals surface area (Å²) in [5, 5.41) is 0. The Morgan fingerprint density at radius 1 is 1.00 bits per heavy atom. The van der Waals surface area contributed by atoms with Gasteiger partial charge in [0.25, 0.3) is 0 Å². The predicted octanol–water partition coefficient (Wildman–Crippen LogP) is 1.22. The second-order valence-corrected chi connectivity index (χ2v) is 5.58. The maximum absolute atomic E-state index is 5.40. The van der Waals surface area contributed by atoms with Gasteiger partial charge in [-0.1, -0.05) is 13.3 Å². The zero-order valence-electron chi connectivity index (χ0n) is 8.96. The van der Waals surface area contributed by atoms with Gasteiger partial charge in [-0.3, -0.25) is 0 Å². The summed E-state index contributed by atoms with van der Waals surface area (Å²) in [5.74, 6) is 0. The highest BCUT2D eigenvalue weighted by molar-refractivity contribution is 6.60. The molecule has 0 saturated carbocycles. The minimum absolute atomic E-state index is 0.427. The monoisotopic (exact) mass is 208 g/mol. The van der Waals surface area contributed by atoms with Gasteiger partial charge >= 0.3 is 8.80 Å². The van der Waals surface area contributed by atoms with E-state index in [1.165, 1.54) is 0 Å². The highest BCUT2D eigenvalue weighted by Gasteiger charge is 2.38. The van der Waals surface area contributed by atoms with E-state index in [1.54, 1.807) is 21.3 Å². The summed E-state index contributed by atoms with van der Waals surface area (Å²) in [6.07, 6.45) is 2.61. The molecule has 0 fully saturated rings. The molecule has 0 aliphatic rings. The molecule has 0 radical (unpaired) electrons. The van der Waals surface area contributed by atoms with Crippen molar-refractivity contribution in [3.8, 4) is 0 Å². The molecule has 0 saturated heterocycles. The Labute approximate surface area is 81.5 Å². The molecule has 0 aromatic heterocycles. The molecule has 0 aromatic carbocycles. The highest BCUT2D eigenvalue weighted by Crippen LogP contribution is 2.06. The Morgan fingerprint density at radius 3 is 1.92 bits per heavy atom. The Morgan fingerprint density at radius 2 is 1.54 bits per heavy atom. The zero-order valence-corrected chi connectivity index (χ0v) is 9.96. The van der Waals surface area contributed by atoms with Gasteiger partial charge in [-0.05, 0) is 6.42 Å². The summed E-state index contributed by atoms with van der Waals surface area (Å²) in [6.45, 7) is 2.86. The quantitative estimate of drug-likeness (QED) is 0.444. The van der Waals surface area contributed by atoms with Gasteiger partial charge in [0, 0.05) is 27.9 Å². The Hall–Kier alpha value is 0.0569. The minimum atomic E-state index is -2.49. The van der Waals surface area contributed by atoms with Crippen molar-refractivity contribution in [2.24, 2.45) is 0 Å². The van der Waals surface area contributed by atoms with E-state index in [4.69, 9.17) is 18.0 Å². The molecule has 0 aliphatic carbocycles. The molecular weight excluding hydrogens is 188 g/mol. The van der Waals surface area contributed by atoms with Crippen LogP contribution in [0.25, 0.3) is 0 Å². The van der Waals surface area contributed by atoms with Crippen LogP contribution in [-0.2, 0) is 18.0 Å². The lowest BCUT2D eigenvalue weighted by atomic mass is 10.4. The first kappa shape index (κ1) is 13.1. The van der Waals surface area contributed by atoms with Crippen LogP contribution in [0.3, 0.4) is 0 Å². The standard InChI is InChI=1S/C8H20O4Si/c1-5-6-7-12-8-13(9-2,10-3)11-4/h5-8H2,1-4H3. The summed E-state index contributed by atoms with van der Waals surface area (Å²) in [5.41, 5.74) is 0. The van der Waals surface area contributed by atoms with Gasteiger partial charge in [-0.15, -0.1) is 0 Å². The topological polar surface area (TPSA) is 36.9 Å². The molecule has 0 heterocycles. The maximum atomic E-state index is 5.40. The van der Waals surface area contributed by atoms with Gasteiger partial charge < -0.3 is 18.0 Å². The lowest BCUT2D eigenvalue weighted by Gasteiger charge is -2.23. The lowest BCUT2D eigenvalue weighted by Crippen LogP contribution is -2.48. The van der Waals surface area contributed by atoms with Crippen LogP contribution in [0, 0.1) is 0 Å². The molecule has 0 spiro atoms. The third-order valence-corrected chi connectivity index (χ3v) is 4.28. The molecule has 0 amide bonds. The van der Waals surface area contributed by atoms with Gasteiger partial charge in [0.15, 0.2) is 0 Å². The molecule has 5 heteroatoms. The summed E-state index contributed by atoms with van der Waals surface area (Å²) >= 11 is 0. The molecule has 0 bridgehead atoms. The van der Waals surface area contributed by atoms with Gasteiger partial charge in [-0.25, -0.2) is 0 Å². The smallest absolute Gasteiger partial charge is 0.377 e. The average Bonchev–Trinajstić information content (AvgIpc) is 2.20. The summed E-state index contributed by atoms with van der Waals surface area (Å²) < 4.78 is 21.0. The molecular formula is C8H20O4Si. The van der Waals surface area contributed by atoms with Crippen molar-refractivity contribution in [2.75, 3.05) is 34.2 Å². The summed E-state index contributed by atoms with van der Waals surface area (Å²) in [4.78, 5) is 0. The first-order valence-electron chi connectivity index (χ1n) is 4.48. The normalized spacial score (nSPS) is 12.0. The number of hydrogen-bond acceptors (Lipinski definition) is 4. The number of hydrogen-bond donors (Lipinski definition) is 0. The highest BCUT2D eigenvalue weighted by atomic mass is 28.4. The second kappa shape index (κ2) is 7.46. The van der Waals surface area contributed by atoms with Crippen molar-refractivity contribution in [3.63, 3.8) is 0 Å². The van der Waals surface area contributed by atoms with E-state index in [0.717, 1.165) is 19.4 Å². The Kier molecular flexibility index (Phi) is 7.49. The number of unbranched alkanes of at least 4 members (excludes halogenated alkanes) is 1. The second-order valence-electron chi connectivity index (χ2n) is 2.70. The third-order valence-electron chi connectivity index (χ3n) is 1.85. The van der Waals surface area contributed by atoms with Gasteiger partial charge in [0.1, 0.15) is 6.23 Å². The zero-order chi connectivity index (χ0) is 10.2. The molecule has 4 nitrogen and oxygen atoms in total. The van der Waals surface area contributed by atoms with Crippen LogP contribution in [0.15, 0.2) is 0 Å². The predicted molar refractivity (Wildman–Crippen MR) is 52.5 cm³/mol. The van der Waals surface area contributed by atoms with E-state index in [1.807, 2.05) is 0 Å². The van der Waals surface area contributed by atoms with E-state index >= 15 is 0 Å². The van der Waals surface area contributed by atoms with E-state index in [2.05, 4.69) is 6.92 Å².